The van der Waals surface area contributed by atoms with E-state index in [4.69, 9.17) is 44.9 Å². The van der Waals surface area contributed by atoms with Crippen molar-refractivity contribution in [1.29, 1.82) is 0 Å². The lowest BCUT2D eigenvalue weighted by Crippen LogP contribution is -2.22. The van der Waals surface area contributed by atoms with Gasteiger partial charge in [0.2, 0.25) is 0 Å². The number of likely N-dealkylation sites (N-methyl/N-ethyl adjacent to an activating group) is 1. The monoisotopic (exact) mass is 453 g/mol. The van der Waals surface area contributed by atoms with Crippen molar-refractivity contribution in [3.8, 4) is 11.5 Å². The van der Waals surface area contributed by atoms with Gasteiger partial charge >= 0.3 is 0 Å². The Bertz CT molecular complexity index is 922. The van der Waals surface area contributed by atoms with Gasteiger partial charge in [-0.2, -0.15) is 0 Å². The summed E-state index contributed by atoms with van der Waals surface area (Å²) in [6.07, 6.45) is 1.71. The Morgan fingerprint density at radius 1 is 1.11 bits per heavy atom. The maximum atomic E-state index is 12.1. The predicted octanol–water partition coefficient (Wildman–Crippen LogP) is 5.59. The van der Waals surface area contributed by atoms with Crippen LogP contribution in [-0.4, -0.2) is 35.4 Å². The second-order valence-corrected chi connectivity index (χ2v) is 8.55. The van der Waals surface area contributed by atoms with Gasteiger partial charge in [0.15, 0.2) is 5.75 Å². The molecule has 8 heteroatoms. The number of halogens is 2. The van der Waals surface area contributed by atoms with Crippen LogP contribution in [0.4, 0.5) is 0 Å². The van der Waals surface area contributed by atoms with Crippen molar-refractivity contribution in [2.75, 3.05) is 20.3 Å². The van der Waals surface area contributed by atoms with Crippen molar-refractivity contribution in [3.63, 3.8) is 0 Å². The van der Waals surface area contributed by atoms with Crippen LogP contribution in [0.2, 0.25) is 10.0 Å². The Balaban J connectivity index is 1.63. The molecule has 0 aliphatic carbocycles. The molecule has 1 aliphatic rings. The Kier molecular flexibility index (Phi) is 6.88. The number of aryl methyl sites for hydroxylation is 1. The highest BCUT2D eigenvalue weighted by atomic mass is 35.5. The summed E-state index contributed by atoms with van der Waals surface area (Å²) in [5, 5.41) is 0.724. The number of ether oxygens (including phenoxy) is 2. The Morgan fingerprint density at radius 2 is 1.71 bits per heavy atom. The third kappa shape index (κ3) is 5.00. The molecule has 0 spiro atoms. The smallest absolute Gasteiger partial charge is 0.265 e. The summed E-state index contributed by atoms with van der Waals surface area (Å²) >= 11 is 19.0. The van der Waals surface area contributed by atoms with E-state index >= 15 is 0 Å². The standard InChI is InChI=1S/C20H17Cl2NO3S2/c1-12-3-5-14(6-4-12)25-7-8-26-18-15(21)9-13(10-16(18)22)11-17-19(24)23(2)20(27)28-17/h3-6,9-11H,7-8H2,1-2H3/b17-11+. The molecule has 1 aliphatic heterocycles. The van der Waals surface area contributed by atoms with Crippen molar-refractivity contribution in [3.05, 3.63) is 62.5 Å². The first kappa shape index (κ1) is 21.0. The zero-order valence-electron chi connectivity index (χ0n) is 15.2. The van der Waals surface area contributed by atoms with Gasteiger partial charge in [-0.3, -0.25) is 9.69 Å². The highest BCUT2D eigenvalue weighted by Gasteiger charge is 2.28. The van der Waals surface area contributed by atoms with E-state index in [-0.39, 0.29) is 5.91 Å². The average molecular weight is 454 g/mol. The van der Waals surface area contributed by atoms with Gasteiger partial charge in [-0.15, -0.1) is 0 Å². The van der Waals surface area contributed by atoms with Crippen molar-refractivity contribution in [2.24, 2.45) is 0 Å². The van der Waals surface area contributed by atoms with E-state index in [1.165, 1.54) is 22.2 Å². The van der Waals surface area contributed by atoms with Crippen molar-refractivity contribution >= 4 is 63.5 Å². The van der Waals surface area contributed by atoms with Crippen molar-refractivity contribution in [1.82, 2.24) is 4.90 Å². The largest absolute Gasteiger partial charge is 0.490 e. The Labute approximate surface area is 183 Å². The molecule has 1 amide bonds. The third-order valence-corrected chi connectivity index (χ3v) is 5.97. The van der Waals surface area contributed by atoms with Crippen LogP contribution in [-0.2, 0) is 4.79 Å². The fourth-order valence-electron chi connectivity index (χ4n) is 2.44. The van der Waals surface area contributed by atoms with Crippen LogP contribution in [0.3, 0.4) is 0 Å². The van der Waals surface area contributed by atoms with Crippen LogP contribution >= 0.6 is 47.2 Å². The lowest BCUT2D eigenvalue weighted by atomic mass is 10.2. The predicted molar refractivity (Wildman–Crippen MR) is 120 cm³/mol. The van der Waals surface area contributed by atoms with E-state index in [1.807, 2.05) is 31.2 Å². The number of nitrogens with zero attached hydrogens (tertiary/aromatic N) is 1. The van der Waals surface area contributed by atoms with Crippen LogP contribution in [0.15, 0.2) is 41.3 Å². The summed E-state index contributed by atoms with van der Waals surface area (Å²) in [5.41, 5.74) is 1.87. The second kappa shape index (κ2) is 9.18. The Morgan fingerprint density at radius 3 is 2.29 bits per heavy atom. The summed E-state index contributed by atoms with van der Waals surface area (Å²) in [4.78, 5) is 14.1. The Hall–Kier alpha value is -1.73. The number of thiocarbonyl (C=S) groups is 1. The summed E-state index contributed by atoms with van der Waals surface area (Å²) < 4.78 is 11.8. The third-order valence-electron chi connectivity index (χ3n) is 3.92. The molecule has 0 N–H and O–H groups in total. The number of amides is 1. The molecule has 2 aromatic carbocycles. The van der Waals surface area contributed by atoms with Crippen LogP contribution in [0.5, 0.6) is 11.5 Å². The SMILES string of the molecule is Cc1ccc(OCCOc2c(Cl)cc(/C=C3/SC(=S)N(C)C3=O)cc2Cl)cc1. The number of thioether (sulfide) groups is 1. The summed E-state index contributed by atoms with van der Waals surface area (Å²) in [6.45, 7) is 2.67. The molecular formula is C20H17Cl2NO3S2. The number of carbonyl (C=O) groups excluding carboxylic acids is 1. The minimum Gasteiger partial charge on any atom is -0.490 e. The van der Waals surface area contributed by atoms with Crippen molar-refractivity contribution in [2.45, 2.75) is 6.92 Å². The topological polar surface area (TPSA) is 38.8 Å². The van der Waals surface area contributed by atoms with Crippen molar-refractivity contribution < 1.29 is 14.3 Å². The molecule has 1 fully saturated rings. The molecule has 2 aromatic rings. The molecule has 0 radical (unpaired) electrons. The lowest BCUT2D eigenvalue weighted by molar-refractivity contribution is -0.121. The highest BCUT2D eigenvalue weighted by molar-refractivity contribution is 8.26. The fraction of sp³-hybridized carbons (Fsp3) is 0.200. The second-order valence-electron chi connectivity index (χ2n) is 6.06. The maximum Gasteiger partial charge on any atom is 0.265 e. The average Bonchev–Trinajstić information content (AvgIpc) is 2.89. The van der Waals surface area contributed by atoms with E-state index in [1.54, 1.807) is 25.3 Å². The van der Waals surface area contributed by atoms with E-state index in [2.05, 4.69) is 0 Å². The first-order chi connectivity index (χ1) is 13.3. The first-order valence-corrected chi connectivity index (χ1v) is 10.4. The number of hydrogen-bond acceptors (Lipinski definition) is 5. The van der Waals surface area contributed by atoms with E-state index in [9.17, 15) is 4.79 Å². The summed E-state index contributed by atoms with van der Waals surface area (Å²) in [5.74, 6) is 1.02. The fourth-order valence-corrected chi connectivity index (χ4v) is 4.23. The van der Waals surface area contributed by atoms with Gasteiger partial charge in [0.25, 0.3) is 5.91 Å². The normalized spacial score (nSPS) is 15.4. The lowest BCUT2D eigenvalue weighted by Gasteiger charge is -2.12. The minimum absolute atomic E-state index is 0.143. The van der Waals surface area contributed by atoms with Gasteiger partial charge in [0.1, 0.15) is 23.3 Å². The molecule has 4 nitrogen and oxygen atoms in total. The molecular weight excluding hydrogens is 437 g/mol. The van der Waals surface area contributed by atoms with Crippen LogP contribution < -0.4 is 9.47 Å². The van der Waals surface area contributed by atoms with Gasteiger partial charge in [0.05, 0.1) is 15.0 Å². The van der Waals surface area contributed by atoms with E-state index in [0.717, 1.165) is 5.75 Å². The van der Waals surface area contributed by atoms with E-state index < -0.39 is 0 Å². The van der Waals surface area contributed by atoms with E-state index in [0.29, 0.717) is 43.8 Å². The van der Waals surface area contributed by atoms with Gasteiger partial charge < -0.3 is 9.47 Å². The minimum atomic E-state index is -0.143. The maximum absolute atomic E-state index is 12.1. The highest BCUT2D eigenvalue weighted by Crippen LogP contribution is 2.37. The molecule has 146 valence electrons. The van der Waals surface area contributed by atoms with Gasteiger partial charge in [-0.1, -0.05) is 64.9 Å². The van der Waals surface area contributed by atoms with Crippen LogP contribution in [0.25, 0.3) is 6.08 Å². The summed E-state index contributed by atoms with van der Waals surface area (Å²) in [7, 11) is 1.65. The van der Waals surface area contributed by atoms with Crippen LogP contribution in [0.1, 0.15) is 11.1 Å². The molecule has 0 bridgehead atoms. The molecule has 28 heavy (non-hydrogen) atoms. The molecule has 0 atom stereocenters. The molecule has 0 aromatic heterocycles. The quantitative estimate of drug-likeness (QED) is 0.323. The molecule has 3 rings (SSSR count). The number of benzene rings is 2. The van der Waals surface area contributed by atoms with Crippen LogP contribution in [0, 0.1) is 6.92 Å². The van der Waals surface area contributed by atoms with Gasteiger partial charge in [-0.25, -0.2) is 0 Å². The number of rotatable bonds is 6. The first-order valence-electron chi connectivity index (χ1n) is 8.38. The summed E-state index contributed by atoms with van der Waals surface area (Å²) in [6, 6.07) is 11.2. The molecule has 0 unspecified atom stereocenters. The zero-order chi connectivity index (χ0) is 20.3. The molecule has 1 saturated heterocycles. The van der Waals surface area contributed by atoms with Gasteiger partial charge in [0, 0.05) is 7.05 Å². The van der Waals surface area contributed by atoms with Gasteiger partial charge in [-0.05, 0) is 42.8 Å². The number of carbonyl (C=O) groups is 1. The molecule has 1 heterocycles. The molecule has 0 saturated carbocycles. The number of hydrogen-bond donors (Lipinski definition) is 0. The zero-order valence-corrected chi connectivity index (χ0v) is 18.3.